The Morgan fingerprint density at radius 3 is 2.46 bits per heavy atom. The molecule has 0 bridgehead atoms. The van der Waals surface area contributed by atoms with Gasteiger partial charge in [-0.15, -0.1) is 11.8 Å². The Morgan fingerprint density at radius 1 is 1.12 bits per heavy atom. The van der Waals surface area contributed by atoms with Crippen molar-refractivity contribution in [1.82, 2.24) is 10.9 Å². The third-order valence-electron chi connectivity index (χ3n) is 3.98. The molecule has 0 saturated heterocycles. The van der Waals surface area contributed by atoms with Crippen LogP contribution in [0.1, 0.15) is 30.5 Å². The van der Waals surface area contributed by atoms with Crippen LogP contribution < -0.4 is 16.2 Å². The van der Waals surface area contributed by atoms with E-state index in [1.807, 2.05) is 57.2 Å². The molecule has 0 spiro atoms. The van der Waals surface area contributed by atoms with Gasteiger partial charge >= 0.3 is 0 Å². The Hall–Kier alpha value is -2.05. The van der Waals surface area contributed by atoms with Crippen molar-refractivity contribution in [3.05, 3.63) is 59.2 Å². The van der Waals surface area contributed by atoms with Crippen molar-refractivity contribution in [2.75, 3.05) is 5.32 Å². The van der Waals surface area contributed by atoms with Crippen LogP contribution in [-0.2, 0) is 11.2 Å². The number of amides is 1. The molecule has 2 aromatic rings. The lowest BCUT2D eigenvalue weighted by Gasteiger charge is -2.17. The second kappa shape index (κ2) is 9.59. The quantitative estimate of drug-likeness (QED) is 0.404. The minimum Gasteiger partial charge on any atom is -0.331 e. The van der Waals surface area contributed by atoms with E-state index in [0.717, 1.165) is 22.6 Å². The van der Waals surface area contributed by atoms with Crippen molar-refractivity contribution in [2.24, 2.45) is 0 Å². The van der Waals surface area contributed by atoms with Gasteiger partial charge in [-0.05, 0) is 62.7 Å². The minimum atomic E-state index is -0.238. The molecule has 0 aromatic heterocycles. The summed E-state index contributed by atoms with van der Waals surface area (Å²) in [5.74, 6) is -0.125. The number of rotatable bonds is 5. The summed E-state index contributed by atoms with van der Waals surface area (Å²) in [6.07, 6.45) is 0.906. The maximum Gasteiger partial charge on any atom is 0.251 e. The standard InChI is InChI=1S/C20H25N3OS2/c1-5-16-8-6-7-14(3)18(16)21-20(25)23-22-19(24)15(4)26-17-11-9-13(2)10-12-17/h6-12,15H,5H2,1-4H3,(H,22,24)(H2,21,23,25)/t15-/m1/s1. The van der Waals surface area contributed by atoms with Gasteiger partial charge in [-0.3, -0.25) is 15.6 Å². The molecule has 0 radical (unpaired) electrons. The van der Waals surface area contributed by atoms with E-state index in [1.54, 1.807) is 0 Å². The number of hydrogen-bond donors (Lipinski definition) is 3. The number of para-hydroxylation sites is 1. The van der Waals surface area contributed by atoms with Crippen LogP contribution in [0, 0.1) is 13.8 Å². The number of carbonyl (C=O) groups is 1. The normalized spacial score (nSPS) is 11.5. The molecule has 4 nitrogen and oxygen atoms in total. The molecule has 3 N–H and O–H groups in total. The Morgan fingerprint density at radius 2 is 1.81 bits per heavy atom. The number of benzene rings is 2. The highest BCUT2D eigenvalue weighted by atomic mass is 32.2. The molecule has 0 aliphatic heterocycles. The van der Waals surface area contributed by atoms with E-state index >= 15 is 0 Å². The lowest BCUT2D eigenvalue weighted by molar-refractivity contribution is -0.120. The van der Waals surface area contributed by atoms with Gasteiger partial charge in [-0.1, -0.05) is 42.8 Å². The fourth-order valence-electron chi connectivity index (χ4n) is 2.44. The molecule has 0 fully saturated rings. The van der Waals surface area contributed by atoms with E-state index in [1.165, 1.54) is 22.9 Å². The summed E-state index contributed by atoms with van der Waals surface area (Å²) in [5.41, 5.74) is 9.96. The Kier molecular flexibility index (Phi) is 7.48. The fourth-order valence-corrected chi connectivity index (χ4v) is 3.46. The molecule has 26 heavy (non-hydrogen) atoms. The Bertz CT molecular complexity index is 775. The smallest absolute Gasteiger partial charge is 0.251 e. The van der Waals surface area contributed by atoms with E-state index in [4.69, 9.17) is 12.2 Å². The number of thiocarbonyl (C=S) groups is 1. The third kappa shape index (κ3) is 5.75. The van der Waals surface area contributed by atoms with Gasteiger partial charge in [0.1, 0.15) is 0 Å². The van der Waals surface area contributed by atoms with Crippen LogP contribution >= 0.6 is 24.0 Å². The van der Waals surface area contributed by atoms with Crippen LogP contribution in [0.4, 0.5) is 5.69 Å². The van der Waals surface area contributed by atoms with E-state index in [-0.39, 0.29) is 11.2 Å². The van der Waals surface area contributed by atoms with Gasteiger partial charge < -0.3 is 5.32 Å². The summed E-state index contributed by atoms with van der Waals surface area (Å²) >= 11 is 6.82. The molecule has 1 atom stereocenters. The van der Waals surface area contributed by atoms with Crippen LogP contribution in [0.15, 0.2) is 47.4 Å². The van der Waals surface area contributed by atoms with Gasteiger partial charge in [0.25, 0.3) is 5.91 Å². The maximum absolute atomic E-state index is 12.3. The molecule has 6 heteroatoms. The van der Waals surface area contributed by atoms with Crippen molar-refractivity contribution < 1.29 is 4.79 Å². The van der Waals surface area contributed by atoms with Crippen molar-refractivity contribution in [2.45, 2.75) is 44.3 Å². The number of carbonyl (C=O) groups excluding carboxylic acids is 1. The molecule has 138 valence electrons. The summed E-state index contributed by atoms with van der Waals surface area (Å²) in [4.78, 5) is 13.3. The van der Waals surface area contributed by atoms with Crippen LogP contribution in [0.5, 0.6) is 0 Å². The highest BCUT2D eigenvalue weighted by Crippen LogP contribution is 2.23. The predicted octanol–water partition coefficient (Wildman–Crippen LogP) is 4.36. The Balaban J connectivity index is 1.86. The number of hydrogen-bond acceptors (Lipinski definition) is 3. The first-order valence-electron chi connectivity index (χ1n) is 8.59. The molecule has 0 heterocycles. The van der Waals surface area contributed by atoms with Crippen LogP contribution in [0.2, 0.25) is 0 Å². The topological polar surface area (TPSA) is 53.2 Å². The summed E-state index contributed by atoms with van der Waals surface area (Å²) in [6.45, 7) is 8.04. The average Bonchev–Trinajstić information content (AvgIpc) is 2.63. The van der Waals surface area contributed by atoms with Crippen molar-refractivity contribution in [3.63, 3.8) is 0 Å². The highest BCUT2D eigenvalue weighted by Gasteiger charge is 2.15. The van der Waals surface area contributed by atoms with Gasteiger partial charge in [0.15, 0.2) is 5.11 Å². The van der Waals surface area contributed by atoms with E-state index in [2.05, 4.69) is 29.2 Å². The van der Waals surface area contributed by atoms with Gasteiger partial charge in [-0.2, -0.15) is 0 Å². The summed E-state index contributed by atoms with van der Waals surface area (Å²) in [5, 5.41) is 3.31. The first-order chi connectivity index (χ1) is 12.4. The molecule has 0 saturated carbocycles. The van der Waals surface area contributed by atoms with Gasteiger partial charge in [0.2, 0.25) is 0 Å². The number of hydrazine groups is 1. The second-order valence-electron chi connectivity index (χ2n) is 6.10. The van der Waals surface area contributed by atoms with Crippen molar-refractivity contribution in [1.29, 1.82) is 0 Å². The maximum atomic E-state index is 12.3. The highest BCUT2D eigenvalue weighted by molar-refractivity contribution is 8.00. The predicted molar refractivity (Wildman–Crippen MR) is 115 cm³/mol. The minimum absolute atomic E-state index is 0.125. The molecule has 0 unspecified atom stereocenters. The largest absolute Gasteiger partial charge is 0.331 e. The first kappa shape index (κ1) is 20.3. The molecule has 2 rings (SSSR count). The first-order valence-corrected chi connectivity index (χ1v) is 9.88. The Labute approximate surface area is 165 Å². The van der Waals surface area contributed by atoms with Gasteiger partial charge in [-0.25, -0.2) is 0 Å². The SMILES string of the molecule is CCc1cccc(C)c1NC(=S)NNC(=O)[C@@H](C)Sc1ccc(C)cc1. The molecule has 2 aromatic carbocycles. The number of nitrogens with one attached hydrogen (secondary N) is 3. The van der Waals surface area contributed by atoms with Gasteiger partial charge in [0.05, 0.1) is 5.25 Å². The fraction of sp³-hybridized carbons (Fsp3) is 0.300. The molecular weight excluding hydrogens is 362 g/mol. The lowest BCUT2D eigenvalue weighted by Crippen LogP contribution is -2.46. The molecular formula is C20H25N3OS2. The third-order valence-corrected chi connectivity index (χ3v) is 5.30. The molecule has 0 aliphatic carbocycles. The van der Waals surface area contributed by atoms with Crippen LogP contribution in [0.25, 0.3) is 0 Å². The zero-order chi connectivity index (χ0) is 19.1. The summed E-state index contributed by atoms with van der Waals surface area (Å²) in [6, 6.07) is 14.2. The molecule has 1 amide bonds. The average molecular weight is 388 g/mol. The van der Waals surface area contributed by atoms with E-state index in [0.29, 0.717) is 5.11 Å². The van der Waals surface area contributed by atoms with Crippen LogP contribution in [-0.4, -0.2) is 16.3 Å². The summed E-state index contributed by atoms with van der Waals surface area (Å²) < 4.78 is 0. The zero-order valence-corrected chi connectivity index (χ0v) is 17.2. The lowest BCUT2D eigenvalue weighted by atomic mass is 10.1. The van der Waals surface area contributed by atoms with E-state index in [9.17, 15) is 4.79 Å². The summed E-state index contributed by atoms with van der Waals surface area (Å²) in [7, 11) is 0. The van der Waals surface area contributed by atoms with Crippen molar-refractivity contribution in [3.8, 4) is 0 Å². The number of thioether (sulfide) groups is 1. The van der Waals surface area contributed by atoms with Gasteiger partial charge in [0, 0.05) is 10.6 Å². The van der Waals surface area contributed by atoms with E-state index < -0.39 is 0 Å². The number of aryl methyl sites for hydroxylation is 3. The van der Waals surface area contributed by atoms with Crippen molar-refractivity contribution >= 4 is 40.7 Å². The van der Waals surface area contributed by atoms with Crippen LogP contribution in [0.3, 0.4) is 0 Å². The second-order valence-corrected chi connectivity index (χ2v) is 7.93. The zero-order valence-electron chi connectivity index (χ0n) is 15.6. The molecule has 0 aliphatic rings. The monoisotopic (exact) mass is 387 g/mol. The number of anilines is 1.